The minimum atomic E-state index is -4.04. The van der Waals surface area contributed by atoms with Crippen LogP contribution in [0.5, 0.6) is 0 Å². The molecule has 1 amide bonds. The van der Waals surface area contributed by atoms with Crippen molar-refractivity contribution in [3.63, 3.8) is 0 Å². The number of nitrogens with zero attached hydrogens (tertiary/aromatic N) is 1. The largest absolute Gasteiger partial charge is 0.478 e. The van der Waals surface area contributed by atoms with Gasteiger partial charge in [-0.05, 0) is 6.07 Å². The summed E-state index contributed by atoms with van der Waals surface area (Å²) in [6.45, 7) is -0.486. The Labute approximate surface area is 118 Å². The summed E-state index contributed by atoms with van der Waals surface area (Å²) >= 11 is 0. The number of aromatic carboxylic acids is 1. The van der Waals surface area contributed by atoms with E-state index in [2.05, 4.69) is 0 Å². The van der Waals surface area contributed by atoms with Crippen molar-refractivity contribution in [1.82, 2.24) is 0 Å². The van der Waals surface area contributed by atoms with E-state index in [-0.39, 0.29) is 0 Å². The van der Waals surface area contributed by atoms with Crippen LogP contribution in [0, 0.1) is 11.6 Å². The molecule has 0 aliphatic carbocycles. The molecule has 1 saturated heterocycles. The molecule has 2 rings (SSSR count). The maximum atomic E-state index is 13.8. The van der Waals surface area contributed by atoms with E-state index in [1.165, 1.54) is 0 Å². The predicted molar refractivity (Wildman–Crippen MR) is 67.2 cm³/mol. The van der Waals surface area contributed by atoms with Gasteiger partial charge in [-0.2, -0.15) is 0 Å². The van der Waals surface area contributed by atoms with Crippen LogP contribution in [0.3, 0.4) is 0 Å². The highest BCUT2D eigenvalue weighted by molar-refractivity contribution is 7.89. The summed E-state index contributed by atoms with van der Waals surface area (Å²) in [7, 11) is -4.04. The number of carboxylic acid groups (broad SMARTS) is 1. The van der Waals surface area contributed by atoms with E-state index < -0.39 is 63.0 Å². The van der Waals surface area contributed by atoms with Gasteiger partial charge < -0.3 is 10.0 Å². The summed E-state index contributed by atoms with van der Waals surface area (Å²) in [5.74, 6) is -4.84. The van der Waals surface area contributed by atoms with Gasteiger partial charge in [0.25, 0.3) is 0 Å². The molecule has 21 heavy (non-hydrogen) atoms. The van der Waals surface area contributed by atoms with Crippen LogP contribution in [-0.4, -0.2) is 37.2 Å². The molecule has 1 aliphatic rings. The lowest BCUT2D eigenvalue weighted by molar-refractivity contribution is -0.117. The van der Waals surface area contributed by atoms with Gasteiger partial charge in [-0.25, -0.2) is 27.1 Å². The number of hydrogen-bond acceptors (Lipinski definition) is 4. The fraction of sp³-hybridized carbons (Fsp3) is 0.273. The first kappa shape index (κ1) is 15.3. The molecule has 1 aliphatic heterocycles. The van der Waals surface area contributed by atoms with Gasteiger partial charge in [0.05, 0.1) is 11.3 Å². The number of carboxylic acids is 1. The standard InChI is InChI=1S/C11H10F2N2O5S/c12-5-1-7(11(17)18)10(8(13)2-5)15-4-6(3-9(15)16)21(14,19)20/h1-2,6H,3-4H2,(H,17,18)(H2,14,19,20). The van der Waals surface area contributed by atoms with Crippen LogP contribution in [0.2, 0.25) is 0 Å². The molecule has 0 spiro atoms. The summed E-state index contributed by atoms with van der Waals surface area (Å²) in [5, 5.41) is 12.6. The number of amides is 1. The number of halogens is 2. The smallest absolute Gasteiger partial charge is 0.338 e. The summed E-state index contributed by atoms with van der Waals surface area (Å²) in [6, 6.07) is 0.970. The summed E-state index contributed by atoms with van der Waals surface area (Å²) in [4.78, 5) is 23.5. The molecule has 1 atom stereocenters. The van der Waals surface area contributed by atoms with Crippen LogP contribution in [0.25, 0.3) is 0 Å². The topological polar surface area (TPSA) is 118 Å². The Morgan fingerprint density at radius 1 is 1.38 bits per heavy atom. The zero-order valence-corrected chi connectivity index (χ0v) is 11.2. The quantitative estimate of drug-likeness (QED) is 0.816. The minimum absolute atomic E-state index is 0.416. The molecule has 7 nitrogen and oxygen atoms in total. The van der Waals surface area contributed by atoms with E-state index in [9.17, 15) is 26.8 Å². The van der Waals surface area contributed by atoms with Gasteiger partial charge in [-0.15, -0.1) is 0 Å². The van der Waals surface area contributed by atoms with Gasteiger partial charge in [0.1, 0.15) is 11.1 Å². The molecule has 0 radical (unpaired) electrons. The van der Waals surface area contributed by atoms with Crippen LogP contribution >= 0.6 is 0 Å². The Morgan fingerprint density at radius 3 is 2.48 bits per heavy atom. The van der Waals surface area contributed by atoms with E-state index >= 15 is 0 Å². The van der Waals surface area contributed by atoms with E-state index in [0.29, 0.717) is 17.0 Å². The summed E-state index contributed by atoms with van der Waals surface area (Å²) in [5.41, 5.74) is -1.43. The first-order valence-corrected chi connectivity index (χ1v) is 7.26. The van der Waals surface area contributed by atoms with E-state index in [1.807, 2.05) is 0 Å². The molecule has 1 heterocycles. The molecule has 1 aromatic rings. The van der Waals surface area contributed by atoms with E-state index in [4.69, 9.17) is 10.2 Å². The number of primary sulfonamides is 1. The van der Waals surface area contributed by atoms with Gasteiger partial charge in [0.2, 0.25) is 15.9 Å². The number of benzene rings is 1. The Balaban J connectivity index is 2.53. The van der Waals surface area contributed by atoms with Crippen LogP contribution in [0.15, 0.2) is 12.1 Å². The zero-order valence-electron chi connectivity index (χ0n) is 10.4. The number of carbonyl (C=O) groups is 2. The molecule has 114 valence electrons. The normalized spacial score (nSPS) is 19.1. The molecule has 10 heteroatoms. The van der Waals surface area contributed by atoms with Gasteiger partial charge in [0.15, 0.2) is 5.82 Å². The summed E-state index contributed by atoms with van der Waals surface area (Å²) < 4.78 is 49.4. The van der Waals surface area contributed by atoms with Crippen LogP contribution in [0.1, 0.15) is 16.8 Å². The van der Waals surface area contributed by atoms with E-state index in [0.717, 1.165) is 0 Å². The molecule has 0 saturated carbocycles. The van der Waals surface area contributed by atoms with Gasteiger partial charge in [-0.3, -0.25) is 4.79 Å². The average molecular weight is 320 g/mol. The minimum Gasteiger partial charge on any atom is -0.478 e. The van der Waals surface area contributed by atoms with Gasteiger partial charge in [-0.1, -0.05) is 0 Å². The fourth-order valence-corrected chi connectivity index (χ4v) is 2.85. The second kappa shape index (κ2) is 5.04. The van der Waals surface area contributed by atoms with E-state index in [1.54, 1.807) is 0 Å². The third kappa shape index (κ3) is 2.85. The second-order valence-electron chi connectivity index (χ2n) is 4.51. The highest BCUT2D eigenvalue weighted by Gasteiger charge is 2.39. The van der Waals surface area contributed by atoms with Crippen LogP contribution in [-0.2, 0) is 14.8 Å². The van der Waals surface area contributed by atoms with Crippen molar-refractivity contribution in [3.8, 4) is 0 Å². The number of sulfonamides is 1. The number of anilines is 1. The fourth-order valence-electron chi connectivity index (χ4n) is 2.11. The average Bonchev–Trinajstić information content (AvgIpc) is 2.70. The monoisotopic (exact) mass is 320 g/mol. The highest BCUT2D eigenvalue weighted by atomic mass is 32.2. The van der Waals surface area contributed by atoms with Crippen molar-refractivity contribution < 1.29 is 31.9 Å². The van der Waals surface area contributed by atoms with Crippen LogP contribution in [0.4, 0.5) is 14.5 Å². The van der Waals surface area contributed by atoms with Crippen molar-refractivity contribution in [2.75, 3.05) is 11.4 Å². The zero-order chi connectivity index (χ0) is 15.9. The van der Waals surface area contributed by atoms with Crippen molar-refractivity contribution in [3.05, 3.63) is 29.3 Å². The molecular weight excluding hydrogens is 310 g/mol. The molecule has 1 fully saturated rings. The molecule has 1 unspecified atom stereocenters. The maximum Gasteiger partial charge on any atom is 0.338 e. The second-order valence-corrected chi connectivity index (χ2v) is 6.35. The number of rotatable bonds is 3. The number of nitrogens with two attached hydrogens (primary N) is 1. The lowest BCUT2D eigenvalue weighted by atomic mass is 10.1. The third-order valence-electron chi connectivity index (χ3n) is 3.08. The molecule has 1 aromatic carbocycles. The maximum absolute atomic E-state index is 13.8. The molecule has 0 bridgehead atoms. The first-order chi connectivity index (χ1) is 9.61. The predicted octanol–water partition coefficient (Wildman–Crippen LogP) is 0.0568. The highest BCUT2D eigenvalue weighted by Crippen LogP contribution is 2.31. The van der Waals surface area contributed by atoms with Crippen molar-refractivity contribution in [2.45, 2.75) is 11.7 Å². The Hall–Kier alpha value is -2.07. The van der Waals surface area contributed by atoms with Gasteiger partial charge in [0, 0.05) is 19.0 Å². The van der Waals surface area contributed by atoms with Gasteiger partial charge >= 0.3 is 5.97 Å². The molecule has 0 aromatic heterocycles. The lowest BCUT2D eigenvalue weighted by Gasteiger charge is -2.19. The SMILES string of the molecule is NS(=O)(=O)C1CC(=O)N(c2c(F)cc(F)cc2C(=O)O)C1. The Morgan fingerprint density at radius 2 is 2.00 bits per heavy atom. The summed E-state index contributed by atoms with van der Waals surface area (Å²) in [6.07, 6.45) is -0.491. The van der Waals surface area contributed by atoms with Crippen LogP contribution < -0.4 is 10.0 Å². The van der Waals surface area contributed by atoms with Crippen molar-refractivity contribution in [1.29, 1.82) is 0 Å². The Bertz CT molecular complexity index is 734. The Kier molecular flexibility index (Phi) is 3.68. The van der Waals surface area contributed by atoms with Crippen molar-refractivity contribution >= 4 is 27.6 Å². The molecule has 3 N–H and O–H groups in total. The number of hydrogen-bond donors (Lipinski definition) is 2. The van der Waals surface area contributed by atoms with Crippen molar-refractivity contribution in [2.24, 2.45) is 5.14 Å². The lowest BCUT2D eigenvalue weighted by Crippen LogP contribution is -2.33. The number of carbonyl (C=O) groups excluding carboxylic acids is 1. The molecular formula is C11H10F2N2O5S. The first-order valence-electron chi connectivity index (χ1n) is 5.65. The third-order valence-corrected chi connectivity index (χ3v) is 4.33.